The Kier molecular flexibility index (Phi) is 6.08. The number of nitrogens with one attached hydrogen (secondary N) is 3. The molecule has 132 valence electrons. The normalized spacial score (nSPS) is 20.2. The van der Waals surface area contributed by atoms with Gasteiger partial charge in [-0.25, -0.2) is 0 Å². The molecule has 0 unspecified atom stereocenters. The van der Waals surface area contributed by atoms with E-state index in [2.05, 4.69) is 35.6 Å². The van der Waals surface area contributed by atoms with Crippen LogP contribution in [-0.2, 0) is 11.3 Å². The quantitative estimate of drug-likeness (QED) is 0.717. The second kappa shape index (κ2) is 8.48. The van der Waals surface area contributed by atoms with E-state index < -0.39 is 0 Å². The molecule has 0 aliphatic carbocycles. The Morgan fingerprint density at radius 1 is 1.04 bits per heavy atom. The first-order valence-electron chi connectivity index (χ1n) is 8.87. The number of halogens is 1. The number of amides is 1. The van der Waals surface area contributed by atoms with E-state index in [1.807, 2.05) is 25.1 Å². The highest BCUT2D eigenvalue weighted by molar-refractivity contribution is 6.30. The van der Waals surface area contributed by atoms with Crippen LogP contribution in [0.25, 0.3) is 0 Å². The largest absolute Gasteiger partial charge is 0.322 e. The van der Waals surface area contributed by atoms with Crippen LogP contribution in [0.5, 0.6) is 0 Å². The van der Waals surface area contributed by atoms with E-state index in [0.717, 1.165) is 44.0 Å². The van der Waals surface area contributed by atoms with Crippen molar-refractivity contribution in [3.63, 3.8) is 0 Å². The van der Waals surface area contributed by atoms with Crippen LogP contribution in [0.15, 0.2) is 48.5 Å². The van der Waals surface area contributed by atoms with Crippen molar-refractivity contribution in [2.75, 3.05) is 38.0 Å². The number of quaternary nitrogens is 2. The van der Waals surface area contributed by atoms with Gasteiger partial charge >= 0.3 is 0 Å². The third kappa shape index (κ3) is 5.30. The third-order valence-corrected chi connectivity index (χ3v) is 5.07. The average molecular weight is 360 g/mol. The molecular formula is C20H26ClN3O+2. The van der Waals surface area contributed by atoms with E-state index in [1.165, 1.54) is 10.5 Å². The molecule has 1 aliphatic rings. The van der Waals surface area contributed by atoms with Crippen LogP contribution in [0.1, 0.15) is 11.1 Å². The van der Waals surface area contributed by atoms with Crippen molar-refractivity contribution in [3.05, 3.63) is 64.7 Å². The summed E-state index contributed by atoms with van der Waals surface area (Å²) in [5, 5.41) is 3.70. The molecule has 4 nitrogen and oxygen atoms in total. The van der Waals surface area contributed by atoms with Crippen LogP contribution in [0.2, 0.25) is 5.02 Å². The maximum absolute atomic E-state index is 12.3. The molecular weight excluding hydrogens is 334 g/mol. The molecule has 1 fully saturated rings. The van der Waals surface area contributed by atoms with E-state index in [1.54, 1.807) is 4.90 Å². The van der Waals surface area contributed by atoms with Crippen LogP contribution < -0.4 is 15.1 Å². The molecule has 0 spiro atoms. The Labute approximate surface area is 154 Å². The molecule has 1 saturated heterocycles. The number of hydrogen-bond donors (Lipinski definition) is 3. The van der Waals surface area contributed by atoms with Gasteiger partial charge in [-0.1, -0.05) is 41.9 Å². The minimum atomic E-state index is 0.0759. The summed E-state index contributed by atoms with van der Waals surface area (Å²) in [6.07, 6.45) is 0. The molecule has 1 heterocycles. The number of aryl methyl sites for hydroxylation is 1. The van der Waals surface area contributed by atoms with E-state index in [4.69, 9.17) is 11.6 Å². The second-order valence-electron chi connectivity index (χ2n) is 6.85. The number of benzene rings is 2. The fraction of sp³-hybridized carbons (Fsp3) is 0.350. The molecule has 25 heavy (non-hydrogen) atoms. The van der Waals surface area contributed by atoms with Crippen LogP contribution in [-0.4, -0.2) is 38.6 Å². The summed E-state index contributed by atoms with van der Waals surface area (Å²) < 4.78 is 0. The zero-order chi connectivity index (χ0) is 17.6. The summed E-state index contributed by atoms with van der Waals surface area (Å²) in [6.45, 7) is 7.85. The second-order valence-corrected chi connectivity index (χ2v) is 7.28. The van der Waals surface area contributed by atoms with Crippen LogP contribution >= 0.6 is 11.6 Å². The van der Waals surface area contributed by atoms with Crippen LogP contribution in [0, 0.1) is 6.92 Å². The molecule has 1 aliphatic heterocycles. The Hall–Kier alpha value is -1.88. The van der Waals surface area contributed by atoms with Crippen molar-refractivity contribution in [2.45, 2.75) is 13.5 Å². The molecule has 2 aromatic carbocycles. The lowest BCUT2D eigenvalue weighted by Crippen LogP contribution is -3.28. The number of rotatable bonds is 5. The van der Waals surface area contributed by atoms with Crippen molar-refractivity contribution in [3.8, 4) is 0 Å². The predicted molar refractivity (Wildman–Crippen MR) is 101 cm³/mol. The first-order chi connectivity index (χ1) is 12.1. The van der Waals surface area contributed by atoms with Crippen molar-refractivity contribution >= 4 is 23.2 Å². The van der Waals surface area contributed by atoms with Gasteiger partial charge in [0.25, 0.3) is 5.91 Å². The Bertz CT molecular complexity index is 712. The van der Waals surface area contributed by atoms with E-state index in [9.17, 15) is 4.79 Å². The summed E-state index contributed by atoms with van der Waals surface area (Å²) in [6, 6.07) is 16.2. The Balaban J connectivity index is 1.44. The highest BCUT2D eigenvalue weighted by atomic mass is 35.5. The molecule has 0 bridgehead atoms. The number of piperazine rings is 1. The van der Waals surface area contributed by atoms with Gasteiger partial charge in [-0.2, -0.15) is 0 Å². The SMILES string of the molecule is Cc1cc(Cl)ccc1NC(=O)C[NH+]1CC[NH+](Cc2ccccc2)CC1. The van der Waals surface area contributed by atoms with Crippen molar-refractivity contribution in [1.82, 2.24) is 0 Å². The monoisotopic (exact) mass is 359 g/mol. The summed E-state index contributed by atoms with van der Waals surface area (Å²) in [7, 11) is 0. The molecule has 1 amide bonds. The van der Waals surface area contributed by atoms with Crippen LogP contribution in [0.4, 0.5) is 5.69 Å². The topological polar surface area (TPSA) is 38.0 Å². The maximum Gasteiger partial charge on any atom is 0.279 e. The van der Waals surface area contributed by atoms with E-state index >= 15 is 0 Å². The smallest absolute Gasteiger partial charge is 0.279 e. The third-order valence-electron chi connectivity index (χ3n) is 4.83. The molecule has 2 aromatic rings. The standard InChI is InChI=1S/C20H24ClN3O/c1-16-13-18(21)7-8-19(16)22-20(25)15-24-11-9-23(10-12-24)14-17-5-3-2-4-6-17/h2-8,13H,9-12,14-15H2,1H3,(H,22,25)/p+2. The summed E-state index contributed by atoms with van der Waals surface area (Å²) >= 11 is 5.96. The van der Waals surface area contributed by atoms with Gasteiger partial charge in [0.15, 0.2) is 6.54 Å². The van der Waals surface area contributed by atoms with Gasteiger partial charge < -0.3 is 15.1 Å². The number of carbonyl (C=O) groups excluding carboxylic acids is 1. The van der Waals surface area contributed by atoms with Crippen molar-refractivity contribution in [2.24, 2.45) is 0 Å². The van der Waals surface area contributed by atoms with Crippen molar-refractivity contribution < 1.29 is 14.6 Å². The molecule has 0 saturated carbocycles. The fourth-order valence-electron chi connectivity index (χ4n) is 3.38. The molecule has 0 radical (unpaired) electrons. The number of carbonyl (C=O) groups is 1. The lowest BCUT2D eigenvalue weighted by Gasteiger charge is -2.29. The van der Waals surface area contributed by atoms with Gasteiger partial charge in [0.05, 0.1) is 0 Å². The lowest BCUT2D eigenvalue weighted by atomic mass is 10.2. The Morgan fingerprint density at radius 2 is 1.72 bits per heavy atom. The van der Waals surface area contributed by atoms with Gasteiger partial charge in [0.1, 0.15) is 32.7 Å². The average Bonchev–Trinajstić information content (AvgIpc) is 2.60. The zero-order valence-electron chi connectivity index (χ0n) is 14.6. The van der Waals surface area contributed by atoms with Crippen molar-refractivity contribution in [1.29, 1.82) is 0 Å². The van der Waals surface area contributed by atoms with Gasteiger partial charge in [0.2, 0.25) is 0 Å². The first kappa shape index (κ1) is 17.9. The maximum atomic E-state index is 12.3. The van der Waals surface area contributed by atoms with Gasteiger partial charge in [-0.15, -0.1) is 0 Å². The first-order valence-corrected chi connectivity index (χ1v) is 9.25. The minimum absolute atomic E-state index is 0.0759. The number of hydrogen-bond acceptors (Lipinski definition) is 1. The molecule has 3 rings (SSSR count). The zero-order valence-corrected chi connectivity index (χ0v) is 15.4. The summed E-state index contributed by atoms with van der Waals surface area (Å²) in [5.41, 5.74) is 3.23. The molecule has 5 heteroatoms. The highest BCUT2D eigenvalue weighted by Crippen LogP contribution is 2.19. The van der Waals surface area contributed by atoms with Gasteiger partial charge in [-0.05, 0) is 30.7 Å². The number of anilines is 1. The van der Waals surface area contributed by atoms with E-state index in [0.29, 0.717) is 11.6 Å². The fourth-order valence-corrected chi connectivity index (χ4v) is 3.61. The molecule has 0 atom stereocenters. The Morgan fingerprint density at radius 3 is 2.40 bits per heavy atom. The van der Waals surface area contributed by atoms with Gasteiger partial charge in [-0.3, -0.25) is 4.79 Å². The molecule has 0 aromatic heterocycles. The van der Waals surface area contributed by atoms with Gasteiger partial charge in [0, 0.05) is 16.3 Å². The predicted octanol–water partition coefficient (Wildman–Crippen LogP) is 0.571. The minimum Gasteiger partial charge on any atom is -0.322 e. The summed E-state index contributed by atoms with van der Waals surface area (Å²) in [5.74, 6) is 0.0759. The van der Waals surface area contributed by atoms with E-state index in [-0.39, 0.29) is 5.91 Å². The molecule has 3 N–H and O–H groups in total. The van der Waals surface area contributed by atoms with Crippen LogP contribution in [0.3, 0.4) is 0 Å². The summed E-state index contributed by atoms with van der Waals surface area (Å²) in [4.78, 5) is 15.3. The lowest BCUT2D eigenvalue weighted by molar-refractivity contribution is -1.02. The highest BCUT2D eigenvalue weighted by Gasteiger charge is 2.24.